The highest BCUT2D eigenvalue weighted by atomic mass is 35.5. The molecule has 3 rings (SSSR count). The van der Waals surface area contributed by atoms with Crippen molar-refractivity contribution < 1.29 is 13.2 Å². The topological polar surface area (TPSA) is 90.3 Å². The predicted molar refractivity (Wildman–Crippen MR) is 134 cm³/mol. The molecule has 8 heteroatoms. The summed E-state index contributed by atoms with van der Waals surface area (Å²) in [6, 6.07) is 19.5. The zero-order valence-corrected chi connectivity index (χ0v) is 20.9. The summed E-state index contributed by atoms with van der Waals surface area (Å²) in [6.07, 6.45) is 0.274. The number of carbonyl (C=O) groups excluding carboxylic acids is 1. The minimum Gasteiger partial charge on any atom is -0.325 e. The van der Waals surface area contributed by atoms with Crippen molar-refractivity contribution in [2.24, 2.45) is 0 Å². The molecule has 0 heterocycles. The van der Waals surface area contributed by atoms with Crippen molar-refractivity contribution in [3.05, 3.63) is 93.5 Å². The molecule has 34 heavy (non-hydrogen) atoms. The molecule has 0 atom stereocenters. The van der Waals surface area contributed by atoms with Crippen LogP contribution in [0.1, 0.15) is 27.8 Å². The molecular weight excluding hydrogens is 470 g/mol. The van der Waals surface area contributed by atoms with Gasteiger partial charge in [-0.15, -0.1) is 0 Å². The third kappa shape index (κ3) is 6.23. The SMILES string of the molecule is Cc1cc(C)c(S(=O)(=O)N(CC(=O)Nc2ccc(CC#N)cc2)Cc2ccc(Cl)cc2)c(C)c1. The predicted octanol–water partition coefficient (Wildman–Crippen LogP) is 5.16. The third-order valence-electron chi connectivity index (χ3n) is 5.32. The van der Waals surface area contributed by atoms with Gasteiger partial charge in [-0.3, -0.25) is 4.79 Å². The van der Waals surface area contributed by atoms with Crippen molar-refractivity contribution >= 4 is 33.2 Å². The van der Waals surface area contributed by atoms with Crippen LogP contribution in [0.4, 0.5) is 5.69 Å². The lowest BCUT2D eigenvalue weighted by molar-refractivity contribution is -0.116. The van der Waals surface area contributed by atoms with Gasteiger partial charge in [-0.25, -0.2) is 8.42 Å². The minimum absolute atomic E-state index is 0.0147. The van der Waals surface area contributed by atoms with Crippen molar-refractivity contribution in [1.82, 2.24) is 4.31 Å². The molecule has 3 aromatic carbocycles. The number of halogens is 1. The van der Waals surface area contributed by atoms with Crippen LogP contribution in [-0.2, 0) is 27.8 Å². The van der Waals surface area contributed by atoms with Crippen molar-refractivity contribution in [3.8, 4) is 6.07 Å². The number of benzene rings is 3. The molecule has 0 bridgehead atoms. The summed E-state index contributed by atoms with van der Waals surface area (Å²) >= 11 is 5.98. The fourth-order valence-corrected chi connectivity index (χ4v) is 5.80. The van der Waals surface area contributed by atoms with E-state index in [2.05, 4.69) is 11.4 Å². The smallest absolute Gasteiger partial charge is 0.244 e. The van der Waals surface area contributed by atoms with Crippen LogP contribution < -0.4 is 5.32 Å². The molecule has 0 aromatic heterocycles. The van der Waals surface area contributed by atoms with E-state index >= 15 is 0 Å². The summed E-state index contributed by atoms with van der Waals surface area (Å²) in [4.78, 5) is 13.1. The van der Waals surface area contributed by atoms with Crippen molar-refractivity contribution in [3.63, 3.8) is 0 Å². The largest absolute Gasteiger partial charge is 0.325 e. The first-order valence-electron chi connectivity index (χ1n) is 10.7. The van der Waals surface area contributed by atoms with E-state index in [0.29, 0.717) is 27.4 Å². The maximum atomic E-state index is 13.8. The van der Waals surface area contributed by atoms with Gasteiger partial charge in [-0.05, 0) is 67.3 Å². The summed E-state index contributed by atoms with van der Waals surface area (Å²) < 4.78 is 28.7. The van der Waals surface area contributed by atoms with Gasteiger partial charge in [-0.2, -0.15) is 9.57 Å². The first-order valence-corrected chi connectivity index (χ1v) is 12.5. The van der Waals surface area contributed by atoms with Gasteiger partial charge in [0.05, 0.1) is 23.9 Å². The number of nitrogens with one attached hydrogen (secondary N) is 1. The van der Waals surface area contributed by atoms with Crippen LogP contribution in [0.15, 0.2) is 65.6 Å². The van der Waals surface area contributed by atoms with Crippen LogP contribution in [-0.4, -0.2) is 25.2 Å². The molecule has 0 radical (unpaired) electrons. The number of carbonyl (C=O) groups is 1. The molecule has 0 unspecified atom stereocenters. The lowest BCUT2D eigenvalue weighted by Gasteiger charge is -2.24. The Morgan fingerprint density at radius 1 is 0.971 bits per heavy atom. The Labute approximate surface area is 205 Å². The molecule has 3 aromatic rings. The van der Waals surface area contributed by atoms with Crippen LogP contribution in [0.2, 0.25) is 5.02 Å². The zero-order valence-electron chi connectivity index (χ0n) is 19.3. The quantitative estimate of drug-likeness (QED) is 0.467. The van der Waals surface area contributed by atoms with Gasteiger partial charge in [0.2, 0.25) is 15.9 Å². The molecule has 0 aliphatic carbocycles. The number of rotatable bonds is 8. The molecular formula is C26H26ClN3O3S. The summed E-state index contributed by atoms with van der Waals surface area (Å²) in [5.74, 6) is -0.465. The number of nitrogens with zero attached hydrogens (tertiary/aromatic N) is 2. The number of hydrogen-bond donors (Lipinski definition) is 1. The maximum absolute atomic E-state index is 13.8. The van der Waals surface area contributed by atoms with E-state index in [1.54, 1.807) is 62.4 Å². The Balaban J connectivity index is 1.91. The van der Waals surface area contributed by atoms with Crippen molar-refractivity contribution in [2.75, 3.05) is 11.9 Å². The average Bonchev–Trinajstić information content (AvgIpc) is 2.75. The van der Waals surface area contributed by atoms with E-state index in [9.17, 15) is 13.2 Å². The van der Waals surface area contributed by atoms with Crippen LogP contribution in [0.5, 0.6) is 0 Å². The maximum Gasteiger partial charge on any atom is 0.244 e. The van der Waals surface area contributed by atoms with Gasteiger partial charge in [-0.1, -0.05) is 53.6 Å². The Kier molecular flexibility index (Phi) is 8.11. The number of nitriles is 1. The monoisotopic (exact) mass is 495 g/mol. The third-order valence-corrected chi connectivity index (χ3v) is 7.67. The summed E-state index contributed by atoms with van der Waals surface area (Å²) in [5.41, 5.74) is 4.30. The Morgan fingerprint density at radius 2 is 1.53 bits per heavy atom. The van der Waals surface area contributed by atoms with Gasteiger partial charge in [0.1, 0.15) is 0 Å². The fraction of sp³-hybridized carbons (Fsp3) is 0.231. The molecule has 6 nitrogen and oxygen atoms in total. The Bertz CT molecular complexity index is 1310. The molecule has 0 saturated heterocycles. The van der Waals surface area contributed by atoms with E-state index in [1.807, 2.05) is 19.1 Å². The summed E-state index contributed by atoms with van der Waals surface area (Å²) in [6.45, 7) is 5.09. The zero-order chi connectivity index (χ0) is 24.9. The number of amides is 1. The van der Waals surface area contributed by atoms with E-state index in [4.69, 9.17) is 16.9 Å². The first kappa shape index (κ1) is 25.4. The molecule has 176 valence electrons. The van der Waals surface area contributed by atoms with Gasteiger partial charge < -0.3 is 5.32 Å². The van der Waals surface area contributed by atoms with E-state index in [0.717, 1.165) is 11.1 Å². The molecule has 0 saturated carbocycles. The van der Waals surface area contributed by atoms with E-state index in [1.165, 1.54) is 4.31 Å². The molecule has 1 amide bonds. The van der Waals surface area contributed by atoms with Crippen molar-refractivity contribution in [1.29, 1.82) is 5.26 Å². The number of aryl methyl sites for hydroxylation is 3. The highest BCUT2D eigenvalue weighted by molar-refractivity contribution is 7.89. The van der Waals surface area contributed by atoms with Crippen LogP contribution in [0, 0.1) is 32.1 Å². The second-order valence-corrected chi connectivity index (χ2v) is 10.5. The van der Waals surface area contributed by atoms with Crippen LogP contribution in [0.3, 0.4) is 0 Å². The number of anilines is 1. The second kappa shape index (κ2) is 10.8. The highest BCUT2D eigenvalue weighted by Gasteiger charge is 2.30. The van der Waals surface area contributed by atoms with E-state index < -0.39 is 15.9 Å². The standard InChI is InChI=1S/C26H26ClN3O3S/c1-18-14-19(2)26(20(3)15-18)34(32,33)30(16-22-4-8-23(27)9-5-22)17-25(31)29-24-10-6-21(7-11-24)12-13-28/h4-11,14-15H,12,16-17H2,1-3H3,(H,29,31). The Morgan fingerprint density at radius 3 is 2.09 bits per heavy atom. The van der Waals surface area contributed by atoms with Gasteiger partial charge in [0, 0.05) is 17.3 Å². The molecule has 0 fully saturated rings. The summed E-state index contributed by atoms with van der Waals surface area (Å²) in [7, 11) is -3.99. The van der Waals surface area contributed by atoms with E-state index in [-0.39, 0.29) is 24.4 Å². The minimum atomic E-state index is -3.99. The highest BCUT2D eigenvalue weighted by Crippen LogP contribution is 2.27. The fourth-order valence-electron chi connectivity index (χ4n) is 3.88. The van der Waals surface area contributed by atoms with Gasteiger partial charge in [0.25, 0.3) is 0 Å². The normalized spacial score (nSPS) is 11.3. The second-order valence-electron chi connectivity index (χ2n) is 8.21. The molecule has 1 N–H and O–H groups in total. The molecule has 0 spiro atoms. The lowest BCUT2D eigenvalue weighted by atomic mass is 10.1. The molecule has 0 aliphatic rings. The van der Waals surface area contributed by atoms with Gasteiger partial charge in [0.15, 0.2) is 0 Å². The first-order chi connectivity index (χ1) is 16.1. The van der Waals surface area contributed by atoms with Gasteiger partial charge >= 0.3 is 0 Å². The number of hydrogen-bond acceptors (Lipinski definition) is 4. The average molecular weight is 496 g/mol. The van der Waals surface area contributed by atoms with Crippen LogP contribution >= 0.6 is 11.6 Å². The van der Waals surface area contributed by atoms with Crippen molar-refractivity contribution in [2.45, 2.75) is 38.6 Å². The number of sulfonamides is 1. The Hall–Kier alpha value is -3.18. The molecule has 0 aliphatic heterocycles. The summed E-state index contributed by atoms with van der Waals surface area (Å²) in [5, 5.41) is 12.1. The lowest BCUT2D eigenvalue weighted by Crippen LogP contribution is -2.38. The van der Waals surface area contributed by atoms with Crippen LogP contribution in [0.25, 0.3) is 0 Å².